The number of rotatable bonds is 5. The van der Waals surface area contributed by atoms with Crippen molar-refractivity contribution in [1.29, 1.82) is 0 Å². The summed E-state index contributed by atoms with van der Waals surface area (Å²) < 4.78 is 33.7. The average molecular weight is 534 g/mol. The maximum atomic E-state index is 15.2. The molecule has 39 heavy (non-hydrogen) atoms. The minimum absolute atomic E-state index is 0.0301. The summed E-state index contributed by atoms with van der Waals surface area (Å²) in [5, 5.41) is 23.0. The highest BCUT2D eigenvalue weighted by Crippen LogP contribution is 2.29. The Hall–Kier alpha value is -4.71. The average Bonchev–Trinajstić information content (AvgIpc) is 3.49. The van der Waals surface area contributed by atoms with Crippen molar-refractivity contribution in [3.63, 3.8) is 0 Å². The Morgan fingerprint density at radius 2 is 1.77 bits per heavy atom. The molecule has 0 radical (unpaired) electrons. The molecule has 5 aromatic rings. The number of aromatic nitrogens is 6. The molecule has 0 saturated carbocycles. The maximum absolute atomic E-state index is 15.2. The molecule has 3 aromatic heterocycles. The van der Waals surface area contributed by atoms with Crippen LogP contribution in [0.15, 0.2) is 53.8 Å². The summed E-state index contributed by atoms with van der Waals surface area (Å²) in [7, 11) is 1.69. The first-order valence-electron chi connectivity index (χ1n) is 11.9. The van der Waals surface area contributed by atoms with Gasteiger partial charge in [0.25, 0.3) is 11.5 Å². The lowest BCUT2D eigenvalue weighted by molar-refractivity contribution is 0.100. The summed E-state index contributed by atoms with van der Waals surface area (Å²) in [5.41, 5.74) is 5.76. The van der Waals surface area contributed by atoms with Crippen molar-refractivity contribution in [3.05, 3.63) is 87.7 Å². The molecule has 0 unspecified atom stereocenters. The zero-order valence-corrected chi connectivity index (χ0v) is 21.6. The quantitative estimate of drug-likeness (QED) is 0.357. The molecule has 0 atom stereocenters. The van der Waals surface area contributed by atoms with Gasteiger partial charge in [0.15, 0.2) is 0 Å². The number of aryl methyl sites for hydroxylation is 1. The van der Waals surface area contributed by atoms with Crippen LogP contribution in [-0.2, 0) is 19.1 Å². The monoisotopic (exact) mass is 533 g/mol. The lowest BCUT2D eigenvalue weighted by atomic mass is 9.86. The molecule has 3 heterocycles. The highest BCUT2D eigenvalue weighted by atomic mass is 19.1. The molecule has 5 rings (SSSR count). The second kappa shape index (κ2) is 9.24. The highest BCUT2D eigenvalue weighted by molar-refractivity contribution is 5.98. The number of aliphatic hydroxyl groups excluding tert-OH is 1. The topological polar surface area (TPSA) is 134 Å². The van der Waals surface area contributed by atoms with Gasteiger partial charge in [-0.15, -0.1) is 0 Å². The van der Waals surface area contributed by atoms with E-state index >= 15 is 4.39 Å². The third-order valence-electron chi connectivity index (χ3n) is 6.46. The summed E-state index contributed by atoms with van der Waals surface area (Å²) in [6.07, 6.45) is 5.73. The second-order valence-electron chi connectivity index (χ2n) is 10.2. The van der Waals surface area contributed by atoms with Crippen LogP contribution >= 0.6 is 0 Å². The third-order valence-corrected chi connectivity index (χ3v) is 6.46. The molecule has 2 aromatic carbocycles. The van der Waals surface area contributed by atoms with Gasteiger partial charge in [-0.3, -0.25) is 14.3 Å². The van der Waals surface area contributed by atoms with Crippen LogP contribution in [0, 0.1) is 11.6 Å². The predicted molar refractivity (Wildman–Crippen MR) is 140 cm³/mol. The van der Waals surface area contributed by atoms with Crippen molar-refractivity contribution in [2.75, 3.05) is 0 Å². The van der Waals surface area contributed by atoms with Gasteiger partial charge in [-0.25, -0.2) is 13.5 Å². The van der Waals surface area contributed by atoms with Gasteiger partial charge < -0.3 is 10.8 Å². The van der Waals surface area contributed by atoms with Gasteiger partial charge in [-0.2, -0.15) is 20.0 Å². The number of primary amides is 1. The highest BCUT2D eigenvalue weighted by Gasteiger charge is 2.23. The van der Waals surface area contributed by atoms with E-state index in [-0.39, 0.29) is 39.0 Å². The number of carbonyl (C=O) groups excluding carboxylic acids is 1. The van der Waals surface area contributed by atoms with E-state index in [1.165, 1.54) is 34.0 Å². The summed E-state index contributed by atoms with van der Waals surface area (Å²) >= 11 is 0. The van der Waals surface area contributed by atoms with E-state index < -0.39 is 29.7 Å². The fourth-order valence-electron chi connectivity index (χ4n) is 4.44. The van der Waals surface area contributed by atoms with Gasteiger partial charge in [-0.05, 0) is 23.1 Å². The maximum Gasteiger partial charge on any atom is 0.282 e. The number of hydrogen-bond donors (Lipinski definition) is 2. The Morgan fingerprint density at radius 3 is 2.38 bits per heavy atom. The van der Waals surface area contributed by atoms with Crippen molar-refractivity contribution in [2.24, 2.45) is 12.8 Å². The van der Waals surface area contributed by atoms with Crippen LogP contribution in [0.25, 0.3) is 33.4 Å². The lowest BCUT2D eigenvalue weighted by Gasteiger charge is -2.20. The van der Waals surface area contributed by atoms with Gasteiger partial charge in [0, 0.05) is 48.1 Å². The minimum atomic E-state index is -0.828. The third kappa shape index (κ3) is 4.48. The van der Waals surface area contributed by atoms with Crippen LogP contribution in [0.4, 0.5) is 8.78 Å². The smallest absolute Gasteiger partial charge is 0.282 e. The number of carbonyl (C=O) groups is 1. The van der Waals surface area contributed by atoms with E-state index in [4.69, 9.17) is 5.73 Å². The zero-order valence-electron chi connectivity index (χ0n) is 21.6. The molecule has 0 saturated heterocycles. The predicted octanol–water partition coefficient (Wildman–Crippen LogP) is 3.14. The molecule has 12 heteroatoms. The molecule has 200 valence electrons. The first-order valence-corrected chi connectivity index (χ1v) is 11.9. The fourth-order valence-corrected chi connectivity index (χ4v) is 4.44. The zero-order chi connectivity index (χ0) is 28.2. The first kappa shape index (κ1) is 25.9. The molecule has 0 aliphatic carbocycles. The van der Waals surface area contributed by atoms with Crippen molar-refractivity contribution in [1.82, 2.24) is 29.3 Å². The second-order valence-corrected chi connectivity index (χ2v) is 10.2. The largest absolute Gasteiger partial charge is 0.392 e. The number of amides is 1. The van der Waals surface area contributed by atoms with Crippen LogP contribution in [0.5, 0.6) is 0 Å². The SMILES string of the molecule is Cn1cc(-c2nn(-c3cc(F)cc(-n4ncc5cc(C(C)(C)C)cc(F)c5c4=O)c3CO)cc2C(N)=O)cn1. The Kier molecular flexibility index (Phi) is 6.14. The van der Waals surface area contributed by atoms with Gasteiger partial charge in [0.2, 0.25) is 0 Å². The van der Waals surface area contributed by atoms with E-state index in [1.807, 2.05) is 20.8 Å². The lowest BCUT2D eigenvalue weighted by Crippen LogP contribution is -2.24. The van der Waals surface area contributed by atoms with Crippen LogP contribution in [0.3, 0.4) is 0 Å². The van der Waals surface area contributed by atoms with E-state index in [2.05, 4.69) is 15.3 Å². The summed E-state index contributed by atoms with van der Waals surface area (Å²) in [6.45, 7) is 5.10. The van der Waals surface area contributed by atoms with Crippen molar-refractivity contribution in [2.45, 2.75) is 32.8 Å². The molecule has 3 N–H and O–H groups in total. The van der Waals surface area contributed by atoms with Crippen LogP contribution in [0.2, 0.25) is 0 Å². The number of fused-ring (bicyclic) bond motifs is 1. The molecule has 10 nitrogen and oxygen atoms in total. The van der Waals surface area contributed by atoms with E-state index in [9.17, 15) is 19.1 Å². The van der Waals surface area contributed by atoms with E-state index in [1.54, 1.807) is 19.3 Å². The van der Waals surface area contributed by atoms with Crippen molar-refractivity contribution < 1.29 is 18.7 Å². The molecule has 0 aliphatic rings. The standard InChI is InChI=1S/C27H25F2N7O3/c1-27(2,3)16-5-14-9-32-36(26(39)23(14)20(29)6-16)22-8-17(28)7-21(19(22)13-37)35-12-18(25(30)38)24(33-35)15-10-31-34(4)11-15/h5-12,37H,13H2,1-4H3,(H2,30,38). The molecule has 0 fully saturated rings. The van der Waals surface area contributed by atoms with Gasteiger partial charge in [0.05, 0.1) is 41.3 Å². The number of nitrogens with two attached hydrogens (primary N) is 1. The van der Waals surface area contributed by atoms with Gasteiger partial charge in [-0.1, -0.05) is 20.8 Å². The number of halogens is 2. The van der Waals surface area contributed by atoms with Crippen molar-refractivity contribution >= 4 is 16.7 Å². The summed E-state index contributed by atoms with van der Waals surface area (Å²) in [4.78, 5) is 25.6. The van der Waals surface area contributed by atoms with Crippen LogP contribution < -0.4 is 11.3 Å². The number of benzene rings is 2. The molecule has 1 amide bonds. The van der Waals surface area contributed by atoms with Gasteiger partial charge in [0.1, 0.15) is 17.3 Å². The molecular formula is C27H25F2N7O3. The summed E-state index contributed by atoms with van der Waals surface area (Å²) in [5.74, 6) is -2.30. The molecule has 0 bridgehead atoms. The molecule has 0 aliphatic heterocycles. The molecule has 0 spiro atoms. The Labute approximate surface area is 220 Å². The number of hydrogen-bond acceptors (Lipinski definition) is 6. The normalized spacial score (nSPS) is 11.9. The fraction of sp³-hybridized carbons (Fsp3) is 0.222. The van der Waals surface area contributed by atoms with Crippen molar-refractivity contribution in [3.8, 4) is 22.6 Å². The Morgan fingerprint density at radius 1 is 1.05 bits per heavy atom. The Bertz CT molecular complexity index is 1830. The minimum Gasteiger partial charge on any atom is -0.392 e. The Balaban J connectivity index is 1.73. The van der Waals surface area contributed by atoms with Crippen LogP contribution in [0.1, 0.15) is 42.3 Å². The van der Waals surface area contributed by atoms with Crippen LogP contribution in [-0.4, -0.2) is 40.4 Å². The van der Waals surface area contributed by atoms with E-state index in [0.717, 1.165) is 16.8 Å². The van der Waals surface area contributed by atoms with E-state index in [0.29, 0.717) is 16.5 Å². The number of nitrogens with zero attached hydrogens (tertiary/aromatic N) is 6. The number of aliphatic hydroxyl groups is 1. The van der Waals surface area contributed by atoms with Gasteiger partial charge >= 0.3 is 0 Å². The molecular weight excluding hydrogens is 508 g/mol. The summed E-state index contributed by atoms with van der Waals surface area (Å²) in [6, 6.07) is 5.09. The first-order chi connectivity index (χ1) is 18.4.